The Morgan fingerprint density at radius 3 is 2.90 bits per heavy atom. The molecule has 0 atom stereocenters. The molecule has 3 heterocycles. The van der Waals surface area contributed by atoms with Gasteiger partial charge in [0, 0.05) is 18.0 Å². The topological polar surface area (TPSA) is 104 Å². The fourth-order valence-corrected chi connectivity index (χ4v) is 3.44. The van der Waals surface area contributed by atoms with E-state index in [2.05, 4.69) is 4.98 Å². The number of hydrogen-bond donors (Lipinski definition) is 3. The molecule has 3 rings (SSSR count). The zero-order valence-corrected chi connectivity index (χ0v) is 12.3. The fraction of sp³-hybridized carbons (Fsp3) is 0.385. The number of rotatable bonds is 2. The third kappa shape index (κ3) is 2.45. The number of aromatic nitrogens is 2. The standard InChI is InChI=1S/C13H16N4O3S/c1-8-3-2-4-9-11(15-12(10(14)18)17(8)9)16-5-6-21-13(19,20)7-16/h2-4,19-20H,5-7H2,1H3,(H2,14,18). The molecule has 1 aliphatic heterocycles. The van der Waals surface area contributed by atoms with Gasteiger partial charge in [0.25, 0.3) is 5.91 Å². The lowest BCUT2D eigenvalue weighted by Crippen LogP contribution is -2.46. The summed E-state index contributed by atoms with van der Waals surface area (Å²) in [6, 6.07) is 5.56. The molecule has 0 aliphatic carbocycles. The van der Waals surface area contributed by atoms with Crippen molar-refractivity contribution in [2.24, 2.45) is 5.73 Å². The van der Waals surface area contributed by atoms with Crippen LogP contribution >= 0.6 is 11.8 Å². The summed E-state index contributed by atoms with van der Waals surface area (Å²) in [5.41, 5.74) is 6.97. The van der Waals surface area contributed by atoms with Crippen LogP contribution in [-0.4, -0.2) is 49.5 Å². The normalized spacial score (nSPS) is 18.1. The summed E-state index contributed by atoms with van der Waals surface area (Å²) in [5.74, 6) is 0.637. The van der Waals surface area contributed by atoms with Gasteiger partial charge >= 0.3 is 0 Å². The number of anilines is 1. The van der Waals surface area contributed by atoms with Gasteiger partial charge < -0.3 is 20.8 Å². The highest BCUT2D eigenvalue weighted by atomic mass is 32.2. The Labute approximate surface area is 125 Å². The van der Waals surface area contributed by atoms with E-state index in [4.69, 9.17) is 5.73 Å². The molecule has 2 aromatic rings. The van der Waals surface area contributed by atoms with E-state index in [0.29, 0.717) is 18.1 Å². The number of pyridine rings is 1. The Hall–Kier alpha value is -1.77. The third-order valence-electron chi connectivity index (χ3n) is 3.45. The van der Waals surface area contributed by atoms with Crippen molar-refractivity contribution in [3.63, 3.8) is 0 Å². The van der Waals surface area contributed by atoms with Gasteiger partial charge in [0.15, 0.2) is 5.82 Å². The van der Waals surface area contributed by atoms with Gasteiger partial charge in [0.2, 0.25) is 10.9 Å². The Kier molecular flexibility index (Phi) is 3.31. The van der Waals surface area contributed by atoms with E-state index >= 15 is 0 Å². The number of aliphatic hydroxyl groups is 2. The first-order chi connectivity index (χ1) is 9.89. The second-order valence-electron chi connectivity index (χ2n) is 5.02. The highest BCUT2D eigenvalue weighted by molar-refractivity contribution is 8.00. The van der Waals surface area contributed by atoms with Crippen LogP contribution in [0.15, 0.2) is 18.2 Å². The summed E-state index contributed by atoms with van der Waals surface area (Å²) in [6.45, 7) is 2.50. The summed E-state index contributed by atoms with van der Waals surface area (Å²) >= 11 is 1.08. The monoisotopic (exact) mass is 308 g/mol. The van der Waals surface area contributed by atoms with Crippen molar-refractivity contribution in [3.8, 4) is 0 Å². The van der Waals surface area contributed by atoms with E-state index in [1.807, 2.05) is 25.1 Å². The SMILES string of the molecule is Cc1cccc2c(N3CCSC(O)(O)C3)nc(C(N)=O)n12. The molecule has 1 saturated heterocycles. The van der Waals surface area contributed by atoms with Crippen LogP contribution in [0.4, 0.5) is 5.82 Å². The number of carbonyl (C=O) groups excluding carboxylic acids is 1. The van der Waals surface area contributed by atoms with Crippen LogP contribution in [0.25, 0.3) is 5.52 Å². The maximum atomic E-state index is 11.6. The Bertz CT molecular complexity index is 713. The Morgan fingerprint density at radius 2 is 2.24 bits per heavy atom. The molecule has 8 heteroatoms. The zero-order valence-electron chi connectivity index (χ0n) is 11.5. The van der Waals surface area contributed by atoms with Crippen molar-refractivity contribution in [3.05, 3.63) is 29.7 Å². The minimum atomic E-state index is -1.81. The predicted octanol–water partition coefficient (Wildman–Crippen LogP) is -0.0668. The second-order valence-corrected chi connectivity index (χ2v) is 6.37. The van der Waals surface area contributed by atoms with Gasteiger partial charge in [-0.15, -0.1) is 0 Å². The maximum absolute atomic E-state index is 11.6. The van der Waals surface area contributed by atoms with E-state index in [1.54, 1.807) is 9.30 Å². The van der Waals surface area contributed by atoms with E-state index in [9.17, 15) is 15.0 Å². The van der Waals surface area contributed by atoms with E-state index in [0.717, 1.165) is 23.0 Å². The van der Waals surface area contributed by atoms with Gasteiger partial charge in [-0.25, -0.2) is 4.98 Å². The van der Waals surface area contributed by atoms with Crippen LogP contribution in [-0.2, 0) is 0 Å². The predicted molar refractivity (Wildman–Crippen MR) is 80.3 cm³/mol. The number of imidazole rings is 1. The van der Waals surface area contributed by atoms with Crippen molar-refractivity contribution < 1.29 is 15.0 Å². The molecule has 1 amide bonds. The summed E-state index contributed by atoms with van der Waals surface area (Å²) < 4.78 is 1.69. The molecule has 112 valence electrons. The average molecular weight is 308 g/mol. The van der Waals surface area contributed by atoms with Crippen molar-refractivity contribution in [1.29, 1.82) is 0 Å². The van der Waals surface area contributed by atoms with Gasteiger partial charge in [0.05, 0.1) is 12.1 Å². The number of β-amino-alcohol motifs (C(OH)–C–C–N with tert-alkyl or cyclic N) is 2. The largest absolute Gasteiger partial charge is 0.363 e. The summed E-state index contributed by atoms with van der Waals surface area (Å²) in [6.07, 6.45) is 0. The number of nitrogens with zero attached hydrogens (tertiary/aromatic N) is 3. The lowest BCUT2D eigenvalue weighted by Gasteiger charge is -2.35. The Balaban J connectivity index is 2.15. The van der Waals surface area contributed by atoms with Crippen molar-refractivity contribution in [2.75, 3.05) is 23.7 Å². The number of thioether (sulfide) groups is 1. The summed E-state index contributed by atoms with van der Waals surface area (Å²) in [5, 5.41) is 17.8. The van der Waals surface area contributed by atoms with Crippen LogP contribution in [0.2, 0.25) is 0 Å². The molecular formula is C13H16N4O3S. The molecule has 1 aliphatic rings. The highest BCUT2D eigenvalue weighted by Crippen LogP contribution is 2.31. The first kappa shape index (κ1) is 14.2. The molecule has 0 aromatic carbocycles. The van der Waals surface area contributed by atoms with E-state index < -0.39 is 11.0 Å². The molecule has 0 unspecified atom stereocenters. The molecule has 0 radical (unpaired) electrons. The van der Waals surface area contributed by atoms with Crippen molar-refractivity contribution >= 4 is 29.0 Å². The van der Waals surface area contributed by atoms with Gasteiger partial charge in [-0.3, -0.25) is 9.20 Å². The Morgan fingerprint density at radius 1 is 1.48 bits per heavy atom. The summed E-state index contributed by atoms with van der Waals surface area (Å²) in [4.78, 5) is 17.7. The van der Waals surface area contributed by atoms with E-state index in [-0.39, 0.29) is 12.4 Å². The minimum absolute atomic E-state index is 0.0243. The van der Waals surface area contributed by atoms with Crippen LogP contribution in [0.1, 0.15) is 16.3 Å². The molecule has 0 bridgehead atoms. The minimum Gasteiger partial charge on any atom is -0.363 e. The summed E-state index contributed by atoms with van der Waals surface area (Å²) in [7, 11) is 0. The van der Waals surface area contributed by atoms with Gasteiger partial charge in [0.1, 0.15) is 0 Å². The number of primary amides is 1. The fourth-order valence-electron chi connectivity index (χ4n) is 2.55. The van der Waals surface area contributed by atoms with Crippen LogP contribution in [0, 0.1) is 6.92 Å². The molecule has 0 saturated carbocycles. The highest BCUT2D eigenvalue weighted by Gasteiger charge is 2.34. The molecular weight excluding hydrogens is 292 g/mol. The molecule has 21 heavy (non-hydrogen) atoms. The molecule has 7 nitrogen and oxygen atoms in total. The quantitative estimate of drug-likeness (QED) is 0.671. The number of hydrogen-bond acceptors (Lipinski definition) is 6. The average Bonchev–Trinajstić information content (AvgIpc) is 2.78. The number of amides is 1. The van der Waals surface area contributed by atoms with Crippen LogP contribution < -0.4 is 10.6 Å². The number of aryl methyl sites for hydroxylation is 1. The van der Waals surface area contributed by atoms with Gasteiger partial charge in [-0.05, 0) is 19.1 Å². The van der Waals surface area contributed by atoms with E-state index in [1.165, 1.54) is 0 Å². The number of nitrogens with two attached hydrogens (primary N) is 1. The molecule has 0 spiro atoms. The first-order valence-corrected chi connectivity index (χ1v) is 7.49. The van der Waals surface area contributed by atoms with Crippen LogP contribution in [0.3, 0.4) is 0 Å². The van der Waals surface area contributed by atoms with Crippen LogP contribution in [0.5, 0.6) is 0 Å². The van der Waals surface area contributed by atoms with Gasteiger partial charge in [-0.1, -0.05) is 17.8 Å². The lowest BCUT2D eigenvalue weighted by atomic mass is 10.3. The first-order valence-electron chi connectivity index (χ1n) is 6.50. The zero-order chi connectivity index (χ0) is 15.2. The van der Waals surface area contributed by atoms with Gasteiger partial charge in [-0.2, -0.15) is 0 Å². The number of carbonyl (C=O) groups is 1. The third-order valence-corrected chi connectivity index (χ3v) is 4.43. The smallest absolute Gasteiger partial charge is 0.285 e. The van der Waals surface area contributed by atoms with Crippen molar-refractivity contribution in [1.82, 2.24) is 9.38 Å². The lowest BCUT2D eigenvalue weighted by molar-refractivity contribution is -0.0698. The number of fused-ring (bicyclic) bond motifs is 1. The molecule has 4 N–H and O–H groups in total. The second kappa shape index (κ2) is 4.90. The maximum Gasteiger partial charge on any atom is 0.285 e. The molecule has 1 fully saturated rings. The van der Waals surface area contributed by atoms with Crippen molar-refractivity contribution in [2.45, 2.75) is 12.0 Å². The molecule has 2 aromatic heterocycles.